The largest absolute Gasteiger partial charge is 0.352 e. The Morgan fingerprint density at radius 2 is 1.68 bits per heavy atom. The van der Waals surface area contributed by atoms with E-state index in [0.29, 0.717) is 13.0 Å². The number of sulfonamides is 1. The fourth-order valence-corrected chi connectivity index (χ4v) is 5.74. The van der Waals surface area contributed by atoms with Crippen molar-refractivity contribution < 1.29 is 26.8 Å². The zero-order valence-corrected chi connectivity index (χ0v) is 22.9. The molecule has 0 aromatic heterocycles. The molecule has 0 unspecified atom stereocenters. The number of anilines is 1. The normalized spacial score (nSPS) is 15.1. The molecule has 1 saturated carbocycles. The molecule has 0 heterocycles. The topological polar surface area (TPSA) is 86.8 Å². The fourth-order valence-electron chi connectivity index (χ4n) is 4.78. The lowest BCUT2D eigenvalue weighted by molar-refractivity contribution is -0.140. The van der Waals surface area contributed by atoms with E-state index in [4.69, 9.17) is 0 Å². The molecule has 0 spiro atoms. The summed E-state index contributed by atoms with van der Waals surface area (Å²) in [4.78, 5) is 28.0. The van der Waals surface area contributed by atoms with Crippen molar-refractivity contribution in [1.82, 2.24) is 10.2 Å². The minimum absolute atomic E-state index is 0.00840. The Kier molecular flexibility index (Phi) is 10.6. The molecule has 10 heteroatoms. The minimum atomic E-state index is -3.80. The first-order valence-corrected chi connectivity index (χ1v) is 15.0. The molecule has 208 valence electrons. The Bertz CT molecular complexity index is 1190. The summed E-state index contributed by atoms with van der Waals surface area (Å²) in [6, 6.07) is 12.0. The van der Waals surface area contributed by atoms with Crippen molar-refractivity contribution in [2.45, 2.75) is 70.4 Å². The lowest BCUT2D eigenvalue weighted by Gasteiger charge is -2.31. The monoisotopic (exact) mass is 549 g/mol. The van der Waals surface area contributed by atoms with Gasteiger partial charge in [0.05, 0.1) is 11.9 Å². The smallest absolute Gasteiger partial charge is 0.242 e. The van der Waals surface area contributed by atoms with Gasteiger partial charge in [0, 0.05) is 31.6 Å². The van der Waals surface area contributed by atoms with Gasteiger partial charge < -0.3 is 10.2 Å². The van der Waals surface area contributed by atoms with Crippen LogP contribution < -0.4 is 9.62 Å². The van der Waals surface area contributed by atoms with Gasteiger partial charge in [-0.1, -0.05) is 49.6 Å². The summed E-state index contributed by atoms with van der Waals surface area (Å²) in [5.74, 6) is -2.70. The van der Waals surface area contributed by atoms with Gasteiger partial charge in [-0.3, -0.25) is 13.9 Å². The summed E-state index contributed by atoms with van der Waals surface area (Å²) in [6.45, 7) is 1.96. The molecule has 0 aliphatic heterocycles. The number of rotatable bonds is 12. The van der Waals surface area contributed by atoms with E-state index in [9.17, 15) is 26.8 Å². The molecule has 2 amide bonds. The summed E-state index contributed by atoms with van der Waals surface area (Å²) in [7, 11) is -3.80. The predicted octanol–water partition coefficient (Wildman–Crippen LogP) is 4.42. The van der Waals surface area contributed by atoms with Crippen LogP contribution in [0.3, 0.4) is 0 Å². The summed E-state index contributed by atoms with van der Waals surface area (Å²) >= 11 is 0. The van der Waals surface area contributed by atoms with Crippen LogP contribution in [0.4, 0.5) is 14.5 Å². The van der Waals surface area contributed by atoms with Gasteiger partial charge in [0.25, 0.3) is 0 Å². The van der Waals surface area contributed by atoms with Crippen LogP contribution >= 0.6 is 0 Å². The second-order valence-corrected chi connectivity index (χ2v) is 11.8. The van der Waals surface area contributed by atoms with Gasteiger partial charge in [0.1, 0.15) is 6.04 Å². The molecule has 0 bridgehead atoms. The van der Waals surface area contributed by atoms with E-state index >= 15 is 0 Å². The van der Waals surface area contributed by atoms with Crippen molar-refractivity contribution in [3.8, 4) is 0 Å². The molecule has 1 atom stereocenters. The summed E-state index contributed by atoms with van der Waals surface area (Å²) in [6.07, 6.45) is 6.85. The third-order valence-corrected chi connectivity index (χ3v) is 8.14. The number of hydrogen-bond acceptors (Lipinski definition) is 4. The third kappa shape index (κ3) is 8.51. The molecule has 0 saturated heterocycles. The number of nitrogens with one attached hydrogen (secondary N) is 1. The summed E-state index contributed by atoms with van der Waals surface area (Å²) < 4.78 is 52.8. The van der Waals surface area contributed by atoms with Crippen LogP contribution in [0.1, 0.15) is 57.4 Å². The Morgan fingerprint density at radius 3 is 2.32 bits per heavy atom. The first-order chi connectivity index (χ1) is 18.1. The third-order valence-electron chi connectivity index (χ3n) is 6.95. The Morgan fingerprint density at radius 1 is 1.00 bits per heavy atom. The van der Waals surface area contributed by atoms with E-state index in [1.54, 1.807) is 11.8 Å². The van der Waals surface area contributed by atoms with Gasteiger partial charge in [0.2, 0.25) is 21.8 Å². The number of carbonyl (C=O) groups excluding carboxylic acids is 2. The summed E-state index contributed by atoms with van der Waals surface area (Å²) in [5.41, 5.74) is 1.02. The highest BCUT2D eigenvalue weighted by molar-refractivity contribution is 7.92. The van der Waals surface area contributed by atoms with Gasteiger partial charge in [-0.15, -0.1) is 0 Å². The quantitative estimate of drug-likeness (QED) is 0.425. The van der Waals surface area contributed by atoms with Gasteiger partial charge in [-0.05, 0) is 50.3 Å². The molecular formula is C28H37F2N3O4S. The van der Waals surface area contributed by atoms with Crippen LogP contribution in [0.5, 0.6) is 0 Å². The van der Waals surface area contributed by atoms with Crippen molar-refractivity contribution in [2.24, 2.45) is 0 Å². The van der Waals surface area contributed by atoms with Gasteiger partial charge in [0.15, 0.2) is 11.6 Å². The minimum Gasteiger partial charge on any atom is -0.352 e. The molecule has 2 aromatic rings. The van der Waals surface area contributed by atoms with Crippen molar-refractivity contribution in [3.05, 3.63) is 65.7 Å². The van der Waals surface area contributed by atoms with Crippen molar-refractivity contribution >= 4 is 27.5 Å². The highest BCUT2D eigenvalue weighted by Gasteiger charge is 2.28. The molecule has 1 fully saturated rings. The molecule has 3 rings (SSSR count). The van der Waals surface area contributed by atoms with Gasteiger partial charge >= 0.3 is 0 Å². The number of hydrogen-bond donors (Lipinski definition) is 1. The number of benzene rings is 2. The van der Waals surface area contributed by atoms with E-state index in [2.05, 4.69) is 5.32 Å². The maximum absolute atomic E-state index is 13.7. The van der Waals surface area contributed by atoms with E-state index in [1.165, 1.54) is 12.5 Å². The average molecular weight is 550 g/mol. The Hall–Kier alpha value is -3.01. The standard InChI is InChI=1S/C28H37F2N3O4S/c1-21(28(35)31-23-12-7-4-8-13-23)32(19-17-22-10-5-3-6-11-22)27(34)14-9-18-33(38(2,36)37)24-15-16-25(29)26(30)20-24/h3,5-6,10-11,15-16,20-21,23H,4,7-9,12-14,17-19H2,1-2H3,(H,31,35)/t21-/m0/s1. The molecule has 1 aliphatic carbocycles. The van der Waals surface area contributed by atoms with E-state index < -0.39 is 27.7 Å². The average Bonchev–Trinajstić information content (AvgIpc) is 2.89. The van der Waals surface area contributed by atoms with Crippen LogP contribution in [-0.4, -0.2) is 56.6 Å². The molecule has 1 aliphatic rings. The second kappa shape index (κ2) is 13.7. The van der Waals surface area contributed by atoms with Crippen LogP contribution in [0, 0.1) is 11.6 Å². The van der Waals surface area contributed by atoms with E-state index in [1.807, 2.05) is 30.3 Å². The number of halogens is 2. The number of carbonyl (C=O) groups is 2. The summed E-state index contributed by atoms with van der Waals surface area (Å²) in [5, 5.41) is 3.09. The second-order valence-electron chi connectivity index (χ2n) is 9.88. The molecule has 0 radical (unpaired) electrons. The fraction of sp³-hybridized carbons (Fsp3) is 0.500. The maximum Gasteiger partial charge on any atom is 0.242 e. The first kappa shape index (κ1) is 29.5. The lowest BCUT2D eigenvalue weighted by Crippen LogP contribution is -2.51. The molecule has 38 heavy (non-hydrogen) atoms. The zero-order chi connectivity index (χ0) is 27.7. The maximum atomic E-state index is 13.7. The van der Waals surface area contributed by atoms with E-state index in [0.717, 1.165) is 53.9 Å². The van der Waals surface area contributed by atoms with Crippen LogP contribution in [-0.2, 0) is 26.0 Å². The van der Waals surface area contributed by atoms with E-state index in [-0.39, 0.29) is 42.9 Å². The Labute approximate surface area is 224 Å². The zero-order valence-electron chi connectivity index (χ0n) is 22.0. The molecule has 1 N–H and O–H groups in total. The molecular weight excluding hydrogens is 512 g/mol. The first-order valence-electron chi connectivity index (χ1n) is 13.1. The van der Waals surface area contributed by atoms with Crippen LogP contribution in [0.15, 0.2) is 48.5 Å². The van der Waals surface area contributed by atoms with Crippen molar-refractivity contribution in [1.29, 1.82) is 0 Å². The van der Waals surface area contributed by atoms with Crippen molar-refractivity contribution in [3.63, 3.8) is 0 Å². The van der Waals surface area contributed by atoms with Crippen molar-refractivity contribution in [2.75, 3.05) is 23.7 Å². The highest BCUT2D eigenvalue weighted by Crippen LogP contribution is 2.22. The van der Waals surface area contributed by atoms with Gasteiger partial charge in [-0.2, -0.15) is 0 Å². The van der Waals surface area contributed by atoms with Gasteiger partial charge in [-0.25, -0.2) is 17.2 Å². The molecule has 7 nitrogen and oxygen atoms in total. The molecule has 2 aromatic carbocycles. The number of nitrogens with zero attached hydrogens (tertiary/aromatic N) is 2. The van der Waals surface area contributed by atoms with Crippen LogP contribution in [0.2, 0.25) is 0 Å². The SMILES string of the molecule is C[C@@H](C(=O)NC1CCCCC1)N(CCc1ccccc1)C(=O)CCCN(c1ccc(F)c(F)c1)S(C)(=O)=O. The van der Waals surface area contributed by atoms with Crippen LogP contribution in [0.25, 0.3) is 0 Å². The lowest BCUT2D eigenvalue weighted by atomic mass is 9.95. The highest BCUT2D eigenvalue weighted by atomic mass is 32.2. The number of amides is 2. The Balaban J connectivity index is 1.68. The predicted molar refractivity (Wildman–Crippen MR) is 144 cm³/mol.